The van der Waals surface area contributed by atoms with Crippen LogP contribution in [0.25, 0.3) is 22.3 Å². The van der Waals surface area contributed by atoms with Gasteiger partial charge in [-0.05, 0) is 44.5 Å². The van der Waals surface area contributed by atoms with Crippen molar-refractivity contribution in [2.45, 2.75) is 24.7 Å². The average Bonchev–Trinajstić information content (AvgIpc) is 3.81. The molecule has 0 nitrogen and oxygen atoms in total. The summed E-state index contributed by atoms with van der Waals surface area (Å²) in [6.07, 6.45) is 20.0. The van der Waals surface area contributed by atoms with Crippen LogP contribution in [-0.4, -0.2) is 0 Å². The molecule has 0 radical (unpaired) electrons. The summed E-state index contributed by atoms with van der Waals surface area (Å²) in [4.78, 5) is 0. The van der Waals surface area contributed by atoms with Crippen molar-refractivity contribution in [2.24, 2.45) is 0 Å². The van der Waals surface area contributed by atoms with Gasteiger partial charge in [-0.3, -0.25) is 12.2 Å². The molecule has 0 unspecified atom stereocenters. The summed E-state index contributed by atoms with van der Waals surface area (Å²) in [5.74, 6) is 0.763. The van der Waals surface area contributed by atoms with Crippen LogP contribution in [0.4, 0.5) is 0 Å². The molecule has 4 aromatic carbocycles. The molecule has 44 heavy (non-hydrogen) atoms. The van der Waals surface area contributed by atoms with Gasteiger partial charge in [0.2, 0.25) is 0 Å². The van der Waals surface area contributed by atoms with Crippen molar-refractivity contribution in [3.8, 4) is 22.3 Å². The fourth-order valence-corrected chi connectivity index (χ4v) is 5.79. The predicted molar refractivity (Wildman–Crippen MR) is 175 cm³/mol. The summed E-state index contributed by atoms with van der Waals surface area (Å²) < 4.78 is 0. The Labute approximate surface area is 315 Å². The van der Waals surface area contributed by atoms with E-state index in [1.165, 1.54) is 44.5 Å². The smallest absolute Gasteiger partial charge is 0.0619 e. The molecule has 0 amide bonds. The SMILES string of the molecule is [C-]1=CC=CC1.[C-]1=CC=CC1.[CH3-].[CH3-].[Cl-].[Cl-].[Cl][Zr][Cl].[Zr+2].c1ccc2c(c1)-c1ccccc1C2C1c2ccccc2-c2ccccc21. The van der Waals surface area contributed by atoms with E-state index >= 15 is 0 Å². The number of fused-ring (bicyclic) bond motifs is 6. The molecule has 4 aromatic rings. The van der Waals surface area contributed by atoms with Crippen molar-refractivity contribution in [3.05, 3.63) is 183 Å². The third-order valence-corrected chi connectivity index (χ3v) is 7.27. The minimum Gasteiger partial charge on any atom is -0.0619 e. The van der Waals surface area contributed by atoms with E-state index in [-0.39, 0.29) is 65.9 Å². The first-order valence-corrected chi connectivity index (χ1v) is 19.4. The molecule has 0 N–H and O–H groups in total. The number of hydrogen-bond acceptors (Lipinski definition) is 0. The van der Waals surface area contributed by atoms with Crippen molar-refractivity contribution in [3.63, 3.8) is 0 Å². The molecule has 0 spiro atoms. The average molecular weight is 815 g/mol. The van der Waals surface area contributed by atoms with E-state index < -0.39 is 20.8 Å². The van der Waals surface area contributed by atoms with Crippen LogP contribution in [-0.2, 0) is 47.1 Å². The van der Waals surface area contributed by atoms with Crippen molar-refractivity contribution < 1.29 is 71.9 Å². The van der Waals surface area contributed by atoms with Crippen LogP contribution in [0, 0.1) is 27.0 Å². The molecular weight excluding hydrogens is 781 g/mol. The fourth-order valence-electron chi connectivity index (χ4n) is 5.79. The Kier molecular flexibility index (Phi) is 21.7. The Morgan fingerprint density at radius 2 is 0.750 bits per heavy atom. The molecule has 4 aliphatic carbocycles. The van der Waals surface area contributed by atoms with Gasteiger partial charge in [-0.25, -0.2) is 24.3 Å². The minimum atomic E-state index is -0.826. The standard InChI is InChI=1S/C26H18.2C5H5.2CH3.4ClH.2Zr/c1-5-13-21-17(9-1)18-10-2-6-14-22(18)25(21)26-23-15-7-3-11-19(23)20-12-4-8-16-24(20)26;2*1-2-4-5-3-1;;;;;;;;/h1-16,25-26H;2*1-3H,4H2;2*1H3;4*1H;;/q;4*-1;;;;;2*+2/p-4. The number of allylic oxidation sites excluding steroid dienone is 8. The van der Waals surface area contributed by atoms with E-state index in [9.17, 15) is 0 Å². The minimum absolute atomic E-state index is 0. The first kappa shape index (κ1) is 42.8. The van der Waals surface area contributed by atoms with E-state index in [0.717, 1.165) is 12.8 Å². The van der Waals surface area contributed by atoms with Gasteiger partial charge in [0.25, 0.3) is 0 Å². The van der Waals surface area contributed by atoms with Gasteiger partial charge in [0.1, 0.15) is 0 Å². The Hall–Kier alpha value is -1.23. The van der Waals surface area contributed by atoms with Crippen molar-refractivity contribution in [1.29, 1.82) is 0 Å². The van der Waals surface area contributed by atoms with Gasteiger partial charge in [0.05, 0.1) is 0 Å². The van der Waals surface area contributed by atoms with Gasteiger partial charge < -0.3 is 39.7 Å². The van der Waals surface area contributed by atoms with Crippen molar-refractivity contribution in [1.82, 2.24) is 0 Å². The number of benzene rings is 4. The maximum Gasteiger partial charge on any atom is 2.00 e. The zero-order valence-electron chi connectivity index (χ0n) is 24.8. The molecule has 6 heteroatoms. The number of rotatable bonds is 1. The molecule has 0 saturated carbocycles. The Balaban J connectivity index is 0.000000872. The molecule has 0 bridgehead atoms. The summed E-state index contributed by atoms with van der Waals surface area (Å²) >= 11 is -0.826. The van der Waals surface area contributed by atoms with Crippen LogP contribution in [0.3, 0.4) is 0 Å². The summed E-state index contributed by atoms with van der Waals surface area (Å²) in [7, 11) is 9.87. The maximum atomic E-state index is 4.93. The van der Waals surface area contributed by atoms with Crippen LogP contribution in [0.5, 0.6) is 0 Å². The van der Waals surface area contributed by atoms with Gasteiger partial charge in [0.15, 0.2) is 0 Å². The second-order valence-electron chi connectivity index (χ2n) is 9.38. The van der Waals surface area contributed by atoms with E-state index in [2.05, 4.69) is 121 Å². The van der Waals surface area contributed by atoms with E-state index in [0.29, 0.717) is 11.8 Å². The van der Waals surface area contributed by atoms with Gasteiger partial charge in [-0.2, -0.15) is 12.2 Å². The molecule has 4 aliphatic rings. The fraction of sp³-hybridized carbons (Fsp3) is 0.105. The summed E-state index contributed by atoms with van der Waals surface area (Å²) in [6, 6.07) is 35.8. The molecular formula is C38H34Cl4Zr2-4. The van der Waals surface area contributed by atoms with E-state index in [1.807, 2.05) is 24.3 Å². The monoisotopic (exact) mass is 810 g/mol. The maximum absolute atomic E-state index is 4.93. The van der Waals surface area contributed by atoms with Gasteiger partial charge in [0, 0.05) is 11.8 Å². The second-order valence-corrected chi connectivity index (χ2v) is 13.1. The summed E-state index contributed by atoms with van der Waals surface area (Å²) in [6.45, 7) is 0. The quantitative estimate of drug-likeness (QED) is 0.223. The summed E-state index contributed by atoms with van der Waals surface area (Å²) in [5.41, 5.74) is 11.4. The Morgan fingerprint density at radius 3 is 0.932 bits per heavy atom. The Morgan fingerprint density at radius 1 is 0.500 bits per heavy atom. The van der Waals surface area contributed by atoms with Gasteiger partial charge in [-0.15, -0.1) is 12.8 Å². The molecule has 226 valence electrons. The van der Waals surface area contributed by atoms with Gasteiger partial charge in [-0.1, -0.05) is 97.1 Å². The molecule has 0 fully saturated rings. The molecule has 0 heterocycles. The third-order valence-electron chi connectivity index (χ3n) is 7.27. The first-order valence-electron chi connectivity index (χ1n) is 13.1. The van der Waals surface area contributed by atoms with Crippen molar-refractivity contribution >= 4 is 17.0 Å². The summed E-state index contributed by atoms with van der Waals surface area (Å²) in [5, 5.41) is 0. The van der Waals surface area contributed by atoms with Crippen molar-refractivity contribution in [2.75, 3.05) is 0 Å². The van der Waals surface area contributed by atoms with E-state index in [1.54, 1.807) is 0 Å². The molecule has 8 rings (SSSR count). The number of halogens is 4. The molecule has 0 saturated heterocycles. The predicted octanol–water partition coefficient (Wildman–Crippen LogP) is 5.51. The van der Waals surface area contributed by atoms with E-state index in [4.69, 9.17) is 17.0 Å². The normalized spacial score (nSPS) is 13.0. The molecule has 0 aliphatic heterocycles. The largest absolute Gasteiger partial charge is 2.00 e. The van der Waals surface area contributed by atoms with Crippen LogP contribution in [0.2, 0.25) is 0 Å². The number of hydrogen-bond donors (Lipinski definition) is 0. The van der Waals surface area contributed by atoms with Crippen LogP contribution < -0.4 is 24.8 Å². The van der Waals surface area contributed by atoms with Crippen LogP contribution >= 0.6 is 17.0 Å². The zero-order chi connectivity index (χ0) is 26.9. The van der Waals surface area contributed by atoms with Gasteiger partial charge >= 0.3 is 64.1 Å². The second kappa shape index (κ2) is 22.3. The first-order chi connectivity index (χ1) is 19.3. The topological polar surface area (TPSA) is 0 Å². The van der Waals surface area contributed by atoms with Crippen LogP contribution in [0.1, 0.15) is 46.9 Å². The van der Waals surface area contributed by atoms with Crippen LogP contribution in [0.15, 0.2) is 134 Å². The zero-order valence-corrected chi connectivity index (χ0v) is 32.7. The molecule has 0 atom stereocenters. The molecule has 0 aromatic heterocycles. The third kappa shape index (κ3) is 9.88. The Bertz CT molecular complexity index is 1320.